The van der Waals surface area contributed by atoms with E-state index in [1.165, 1.54) is 23.4 Å². The van der Waals surface area contributed by atoms with Crippen LogP contribution in [0.25, 0.3) is 0 Å². The number of aldehydes is 1. The molecule has 0 radical (unpaired) electrons. The zero-order chi connectivity index (χ0) is 14.0. The first-order valence-electron chi connectivity index (χ1n) is 5.54. The molecule has 5 nitrogen and oxygen atoms in total. The van der Waals surface area contributed by atoms with Crippen LogP contribution >= 0.6 is 11.8 Å². The Morgan fingerprint density at radius 3 is 2.26 bits per heavy atom. The van der Waals surface area contributed by atoms with Crippen LogP contribution in [0.15, 0.2) is 49.8 Å². The van der Waals surface area contributed by atoms with E-state index in [-0.39, 0.29) is 5.56 Å². The first kappa shape index (κ1) is 13.4. The van der Waals surface area contributed by atoms with Gasteiger partial charge in [-0.2, -0.15) is 0 Å². The van der Waals surface area contributed by atoms with E-state index in [0.29, 0.717) is 11.3 Å². The SMILES string of the molecule is Cn1c(Sc2ccccc2)c(C=O)c(=O)n(C)c1=O. The highest BCUT2D eigenvalue weighted by Crippen LogP contribution is 2.26. The molecule has 2 aromatic rings. The Morgan fingerprint density at radius 2 is 1.68 bits per heavy atom. The molecule has 1 aromatic heterocycles. The Labute approximate surface area is 113 Å². The van der Waals surface area contributed by atoms with Crippen molar-refractivity contribution in [2.24, 2.45) is 14.1 Å². The predicted octanol–water partition coefficient (Wildman–Crippen LogP) is 1.05. The molecule has 1 heterocycles. The molecule has 2 rings (SSSR count). The van der Waals surface area contributed by atoms with E-state index in [1.807, 2.05) is 30.3 Å². The number of nitrogens with zero attached hydrogens (tertiary/aromatic N) is 2. The molecule has 0 aliphatic carbocycles. The number of carbonyl (C=O) groups excluding carboxylic acids is 1. The van der Waals surface area contributed by atoms with Gasteiger partial charge in [0.2, 0.25) is 0 Å². The van der Waals surface area contributed by atoms with E-state index in [0.717, 1.165) is 9.46 Å². The number of carbonyl (C=O) groups is 1. The first-order valence-corrected chi connectivity index (χ1v) is 6.36. The van der Waals surface area contributed by atoms with E-state index in [1.54, 1.807) is 7.05 Å². The zero-order valence-corrected chi connectivity index (χ0v) is 11.3. The molecular formula is C13H12N2O3S. The van der Waals surface area contributed by atoms with Gasteiger partial charge in [0.15, 0.2) is 6.29 Å². The molecule has 19 heavy (non-hydrogen) atoms. The highest BCUT2D eigenvalue weighted by Gasteiger charge is 2.15. The summed E-state index contributed by atoms with van der Waals surface area (Å²) in [5.41, 5.74) is -1.02. The molecule has 0 bridgehead atoms. The third-order valence-corrected chi connectivity index (χ3v) is 3.91. The Bertz CT molecular complexity index is 732. The molecule has 0 N–H and O–H groups in total. The van der Waals surface area contributed by atoms with E-state index >= 15 is 0 Å². The largest absolute Gasteiger partial charge is 0.331 e. The van der Waals surface area contributed by atoms with Crippen molar-refractivity contribution in [2.75, 3.05) is 0 Å². The maximum absolute atomic E-state index is 11.9. The number of rotatable bonds is 3. The van der Waals surface area contributed by atoms with Crippen LogP contribution in [0.1, 0.15) is 10.4 Å². The van der Waals surface area contributed by atoms with E-state index in [2.05, 4.69) is 0 Å². The Kier molecular flexibility index (Phi) is 3.71. The van der Waals surface area contributed by atoms with Crippen LogP contribution in [0, 0.1) is 0 Å². The summed E-state index contributed by atoms with van der Waals surface area (Å²) < 4.78 is 2.24. The normalized spacial score (nSPS) is 10.4. The van der Waals surface area contributed by atoms with Crippen LogP contribution in [-0.4, -0.2) is 15.4 Å². The molecular weight excluding hydrogens is 264 g/mol. The fourth-order valence-corrected chi connectivity index (χ4v) is 2.65. The average Bonchev–Trinajstić information content (AvgIpc) is 2.44. The molecule has 98 valence electrons. The van der Waals surface area contributed by atoms with E-state index in [4.69, 9.17) is 0 Å². The fourth-order valence-electron chi connectivity index (χ4n) is 1.68. The molecule has 0 spiro atoms. The van der Waals surface area contributed by atoms with E-state index in [9.17, 15) is 14.4 Å². The lowest BCUT2D eigenvalue weighted by Crippen LogP contribution is -2.39. The Hall–Kier alpha value is -2.08. The first-order chi connectivity index (χ1) is 9.06. The smallest absolute Gasteiger partial charge is 0.298 e. The summed E-state index contributed by atoms with van der Waals surface area (Å²) in [6.45, 7) is 0. The standard InChI is InChI=1S/C13H12N2O3S/c1-14-11(17)10(8-16)12(15(2)13(14)18)19-9-6-4-3-5-7-9/h3-8H,1-2H3. The average molecular weight is 276 g/mol. The van der Waals surface area contributed by atoms with Crippen molar-refractivity contribution >= 4 is 18.0 Å². The zero-order valence-electron chi connectivity index (χ0n) is 10.5. The van der Waals surface area contributed by atoms with Gasteiger partial charge in [-0.05, 0) is 12.1 Å². The summed E-state index contributed by atoms with van der Waals surface area (Å²) in [6, 6.07) is 9.26. The monoisotopic (exact) mass is 276 g/mol. The summed E-state index contributed by atoms with van der Waals surface area (Å²) in [7, 11) is 2.90. The lowest BCUT2D eigenvalue weighted by Gasteiger charge is -2.11. The minimum absolute atomic E-state index is 0.00143. The van der Waals surface area contributed by atoms with Gasteiger partial charge in [0.25, 0.3) is 5.56 Å². The minimum Gasteiger partial charge on any atom is -0.298 e. The molecule has 0 saturated heterocycles. The van der Waals surface area contributed by atoms with Gasteiger partial charge >= 0.3 is 5.69 Å². The highest BCUT2D eigenvalue weighted by atomic mass is 32.2. The quantitative estimate of drug-likeness (QED) is 0.621. The molecule has 0 saturated carbocycles. The van der Waals surface area contributed by atoms with Crippen molar-refractivity contribution in [1.29, 1.82) is 0 Å². The van der Waals surface area contributed by atoms with Crippen molar-refractivity contribution in [3.63, 3.8) is 0 Å². The summed E-state index contributed by atoms with van der Waals surface area (Å²) in [6.07, 6.45) is 0.493. The molecule has 0 amide bonds. The Morgan fingerprint density at radius 1 is 1.05 bits per heavy atom. The van der Waals surface area contributed by atoms with Gasteiger partial charge in [-0.3, -0.25) is 18.7 Å². The fraction of sp³-hybridized carbons (Fsp3) is 0.154. The van der Waals surface area contributed by atoms with Crippen LogP contribution in [0.4, 0.5) is 0 Å². The molecule has 0 atom stereocenters. The lowest BCUT2D eigenvalue weighted by molar-refractivity contribution is 0.111. The number of aromatic nitrogens is 2. The maximum atomic E-state index is 11.9. The highest BCUT2D eigenvalue weighted by molar-refractivity contribution is 7.99. The van der Waals surface area contributed by atoms with Crippen molar-refractivity contribution in [2.45, 2.75) is 9.92 Å². The van der Waals surface area contributed by atoms with Crippen molar-refractivity contribution < 1.29 is 4.79 Å². The van der Waals surface area contributed by atoms with Crippen LogP contribution in [0.3, 0.4) is 0 Å². The molecule has 0 fully saturated rings. The van der Waals surface area contributed by atoms with Crippen molar-refractivity contribution in [3.8, 4) is 0 Å². The predicted molar refractivity (Wildman–Crippen MR) is 72.9 cm³/mol. The summed E-state index contributed by atoms with van der Waals surface area (Å²) in [5.74, 6) is 0. The third-order valence-electron chi connectivity index (χ3n) is 2.72. The maximum Gasteiger partial charge on any atom is 0.331 e. The Balaban J connectivity index is 2.67. The van der Waals surface area contributed by atoms with Crippen LogP contribution < -0.4 is 11.2 Å². The van der Waals surface area contributed by atoms with Gasteiger partial charge in [-0.1, -0.05) is 30.0 Å². The third kappa shape index (κ3) is 2.39. The number of hydrogen-bond donors (Lipinski definition) is 0. The second-order valence-corrected chi connectivity index (χ2v) is 5.02. The van der Waals surface area contributed by atoms with Gasteiger partial charge in [0.05, 0.1) is 5.03 Å². The lowest BCUT2D eigenvalue weighted by atomic mass is 10.3. The molecule has 0 aliphatic rings. The molecule has 0 aliphatic heterocycles. The van der Waals surface area contributed by atoms with Crippen LogP contribution in [-0.2, 0) is 14.1 Å². The molecule has 1 aromatic carbocycles. The van der Waals surface area contributed by atoms with Gasteiger partial charge < -0.3 is 0 Å². The molecule has 0 unspecified atom stereocenters. The van der Waals surface area contributed by atoms with Crippen molar-refractivity contribution in [3.05, 3.63) is 56.7 Å². The number of benzene rings is 1. The summed E-state index contributed by atoms with van der Waals surface area (Å²) in [4.78, 5) is 35.7. The van der Waals surface area contributed by atoms with Crippen molar-refractivity contribution in [1.82, 2.24) is 9.13 Å². The molecule has 6 heteroatoms. The second-order valence-electron chi connectivity index (χ2n) is 3.96. The minimum atomic E-state index is -0.573. The van der Waals surface area contributed by atoms with Gasteiger partial charge in [-0.25, -0.2) is 4.79 Å². The topological polar surface area (TPSA) is 61.1 Å². The van der Waals surface area contributed by atoms with Gasteiger partial charge in [-0.15, -0.1) is 0 Å². The summed E-state index contributed by atoms with van der Waals surface area (Å²) in [5, 5.41) is 0.356. The van der Waals surface area contributed by atoms with Gasteiger partial charge in [0.1, 0.15) is 5.56 Å². The van der Waals surface area contributed by atoms with Crippen LogP contribution in [0.2, 0.25) is 0 Å². The number of hydrogen-bond acceptors (Lipinski definition) is 4. The van der Waals surface area contributed by atoms with Crippen LogP contribution in [0.5, 0.6) is 0 Å². The van der Waals surface area contributed by atoms with Gasteiger partial charge in [0, 0.05) is 19.0 Å². The summed E-state index contributed by atoms with van der Waals surface area (Å²) >= 11 is 1.22. The van der Waals surface area contributed by atoms with E-state index < -0.39 is 11.2 Å². The second kappa shape index (κ2) is 5.27.